The first-order valence-corrected chi connectivity index (χ1v) is 6.31. The second kappa shape index (κ2) is 7.22. The second-order valence-corrected chi connectivity index (χ2v) is 4.60. The predicted octanol–water partition coefficient (Wildman–Crippen LogP) is 2.52. The van der Waals surface area contributed by atoms with Crippen molar-refractivity contribution in [2.45, 2.75) is 37.8 Å². The largest absolute Gasteiger partial charge is 0.481 e. The van der Waals surface area contributed by atoms with Gasteiger partial charge < -0.3 is 5.11 Å². The molecule has 1 heterocycles. The van der Waals surface area contributed by atoms with Crippen LogP contribution >= 0.6 is 11.8 Å². The van der Waals surface area contributed by atoms with Crippen molar-refractivity contribution in [2.24, 2.45) is 0 Å². The first-order valence-electron chi connectivity index (χ1n) is 5.33. The number of unbranched alkanes of at least 4 members (excludes halogenated alkanes) is 2. The van der Waals surface area contributed by atoms with E-state index in [0.717, 1.165) is 35.9 Å². The number of nitrogens with zero attached hydrogens (tertiary/aromatic N) is 2. The summed E-state index contributed by atoms with van der Waals surface area (Å²) in [6.45, 7) is 1.94. The zero-order valence-electron chi connectivity index (χ0n) is 9.35. The van der Waals surface area contributed by atoms with Gasteiger partial charge >= 0.3 is 5.97 Å². The molecule has 0 atom stereocenters. The van der Waals surface area contributed by atoms with Gasteiger partial charge in [-0.05, 0) is 25.8 Å². The van der Waals surface area contributed by atoms with Crippen molar-refractivity contribution in [1.82, 2.24) is 9.97 Å². The molecular weight excluding hydrogens is 224 g/mol. The maximum Gasteiger partial charge on any atom is 0.303 e. The average Bonchev–Trinajstić information content (AvgIpc) is 2.23. The van der Waals surface area contributed by atoms with Gasteiger partial charge in [0.15, 0.2) is 5.16 Å². The fraction of sp³-hybridized carbons (Fsp3) is 0.545. The van der Waals surface area contributed by atoms with Crippen LogP contribution in [0.3, 0.4) is 0 Å². The van der Waals surface area contributed by atoms with Crippen LogP contribution in [0.5, 0.6) is 0 Å². The Hall–Kier alpha value is -1.10. The van der Waals surface area contributed by atoms with Crippen molar-refractivity contribution in [2.75, 3.05) is 5.75 Å². The Kier molecular flexibility index (Phi) is 5.85. The van der Waals surface area contributed by atoms with E-state index in [-0.39, 0.29) is 6.42 Å². The van der Waals surface area contributed by atoms with Gasteiger partial charge in [-0.25, -0.2) is 9.97 Å². The van der Waals surface area contributed by atoms with E-state index in [1.165, 1.54) is 0 Å². The molecule has 0 bridgehead atoms. The third kappa shape index (κ3) is 5.70. The smallest absolute Gasteiger partial charge is 0.303 e. The van der Waals surface area contributed by atoms with Gasteiger partial charge in [-0.15, -0.1) is 0 Å². The van der Waals surface area contributed by atoms with E-state index in [1.807, 2.05) is 13.0 Å². The molecule has 1 aromatic rings. The van der Waals surface area contributed by atoms with Gasteiger partial charge in [0, 0.05) is 24.1 Å². The molecule has 0 aliphatic carbocycles. The number of rotatable bonds is 7. The molecule has 0 radical (unpaired) electrons. The SMILES string of the molecule is Cc1ccnc(SCCCCCC(=O)O)n1. The van der Waals surface area contributed by atoms with Crippen LogP contribution in [0.4, 0.5) is 0 Å². The Labute approximate surface area is 99.5 Å². The van der Waals surface area contributed by atoms with Gasteiger partial charge in [-0.1, -0.05) is 18.2 Å². The fourth-order valence-corrected chi connectivity index (χ4v) is 2.09. The molecule has 4 nitrogen and oxygen atoms in total. The predicted molar refractivity (Wildman–Crippen MR) is 63.6 cm³/mol. The Morgan fingerprint density at radius 3 is 2.94 bits per heavy atom. The topological polar surface area (TPSA) is 63.1 Å². The summed E-state index contributed by atoms with van der Waals surface area (Å²) in [7, 11) is 0. The highest BCUT2D eigenvalue weighted by molar-refractivity contribution is 7.99. The Morgan fingerprint density at radius 2 is 2.25 bits per heavy atom. The molecule has 16 heavy (non-hydrogen) atoms. The highest BCUT2D eigenvalue weighted by Crippen LogP contribution is 2.15. The van der Waals surface area contributed by atoms with Crippen molar-refractivity contribution >= 4 is 17.7 Å². The minimum Gasteiger partial charge on any atom is -0.481 e. The number of aliphatic carboxylic acids is 1. The summed E-state index contributed by atoms with van der Waals surface area (Å²) in [4.78, 5) is 18.7. The second-order valence-electron chi connectivity index (χ2n) is 3.53. The number of thioether (sulfide) groups is 1. The third-order valence-corrected chi connectivity index (χ3v) is 2.99. The molecule has 0 saturated heterocycles. The minimum atomic E-state index is -0.713. The van der Waals surface area contributed by atoms with Gasteiger partial charge in [0.2, 0.25) is 0 Å². The Bertz CT molecular complexity index is 345. The average molecular weight is 240 g/mol. The van der Waals surface area contributed by atoms with Crippen LogP contribution in [-0.2, 0) is 4.79 Å². The minimum absolute atomic E-state index is 0.269. The zero-order valence-corrected chi connectivity index (χ0v) is 10.2. The normalized spacial score (nSPS) is 10.3. The molecule has 0 spiro atoms. The summed E-state index contributed by atoms with van der Waals surface area (Å²) in [5, 5.41) is 9.26. The van der Waals surface area contributed by atoms with Crippen molar-refractivity contribution in [3.8, 4) is 0 Å². The number of carboxylic acid groups (broad SMARTS) is 1. The number of hydrogen-bond acceptors (Lipinski definition) is 4. The molecule has 0 aliphatic rings. The monoisotopic (exact) mass is 240 g/mol. The summed E-state index contributed by atoms with van der Waals surface area (Å²) in [6.07, 6.45) is 4.74. The van der Waals surface area contributed by atoms with Gasteiger partial charge in [-0.2, -0.15) is 0 Å². The van der Waals surface area contributed by atoms with E-state index in [1.54, 1.807) is 18.0 Å². The molecular formula is C11H16N2O2S. The summed E-state index contributed by atoms with van der Waals surface area (Å²) in [5.74, 6) is 0.234. The maximum atomic E-state index is 10.3. The first kappa shape index (κ1) is 13.0. The van der Waals surface area contributed by atoms with Crippen LogP contribution in [-0.4, -0.2) is 26.8 Å². The van der Waals surface area contributed by atoms with Crippen LogP contribution < -0.4 is 0 Å². The molecule has 0 aliphatic heterocycles. The van der Waals surface area contributed by atoms with Crippen molar-refractivity contribution in [3.63, 3.8) is 0 Å². The van der Waals surface area contributed by atoms with Gasteiger partial charge in [-0.3, -0.25) is 4.79 Å². The molecule has 0 aromatic carbocycles. The quantitative estimate of drug-likeness (QED) is 0.451. The number of aromatic nitrogens is 2. The first-order chi connectivity index (χ1) is 7.68. The van der Waals surface area contributed by atoms with Crippen LogP contribution in [0.2, 0.25) is 0 Å². The van der Waals surface area contributed by atoms with Gasteiger partial charge in [0.1, 0.15) is 0 Å². The molecule has 5 heteroatoms. The van der Waals surface area contributed by atoms with Crippen LogP contribution in [0.15, 0.2) is 17.4 Å². The number of aryl methyl sites for hydroxylation is 1. The van der Waals surface area contributed by atoms with Crippen molar-refractivity contribution < 1.29 is 9.90 Å². The van der Waals surface area contributed by atoms with Gasteiger partial charge in [0.05, 0.1) is 0 Å². The zero-order chi connectivity index (χ0) is 11.8. The molecule has 0 fully saturated rings. The number of carboxylic acids is 1. The van der Waals surface area contributed by atoms with E-state index in [4.69, 9.17) is 5.11 Å². The number of carbonyl (C=O) groups is 1. The van der Waals surface area contributed by atoms with E-state index < -0.39 is 5.97 Å². The lowest BCUT2D eigenvalue weighted by atomic mass is 10.2. The highest BCUT2D eigenvalue weighted by Gasteiger charge is 1.99. The molecule has 0 unspecified atom stereocenters. The van der Waals surface area contributed by atoms with Crippen LogP contribution in [0, 0.1) is 6.92 Å². The number of hydrogen-bond donors (Lipinski definition) is 1. The van der Waals surface area contributed by atoms with Crippen LogP contribution in [0.1, 0.15) is 31.4 Å². The summed E-state index contributed by atoms with van der Waals surface area (Å²) >= 11 is 1.62. The van der Waals surface area contributed by atoms with Gasteiger partial charge in [0.25, 0.3) is 0 Å². The fourth-order valence-electron chi connectivity index (χ4n) is 1.21. The maximum absolute atomic E-state index is 10.3. The van der Waals surface area contributed by atoms with E-state index in [9.17, 15) is 4.79 Å². The van der Waals surface area contributed by atoms with E-state index in [0.29, 0.717) is 0 Å². The third-order valence-electron chi connectivity index (χ3n) is 2.04. The van der Waals surface area contributed by atoms with Crippen LogP contribution in [0.25, 0.3) is 0 Å². The molecule has 0 saturated carbocycles. The molecule has 1 N–H and O–H groups in total. The van der Waals surface area contributed by atoms with Crippen molar-refractivity contribution in [1.29, 1.82) is 0 Å². The highest BCUT2D eigenvalue weighted by atomic mass is 32.2. The summed E-state index contributed by atoms with van der Waals surface area (Å²) < 4.78 is 0. The summed E-state index contributed by atoms with van der Waals surface area (Å²) in [6, 6.07) is 1.87. The molecule has 88 valence electrons. The molecule has 0 amide bonds. The Morgan fingerprint density at radius 1 is 1.44 bits per heavy atom. The molecule has 1 rings (SSSR count). The summed E-state index contributed by atoms with van der Waals surface area (Å²) in [5.41, 5.74) is 0.975. The molecule has 1 aromatic heterocycles. The van der Waals surface area contributed by atoms with E-state index in [2.05, 4.69) is 9.97 Å². The van der Waals surface area contributed by atoms with E-state index >= 15 is 0 Å². The standard InChI is InChI=1S/C11H16N2O2S/c1-9-6-7-12-11(13-9)16-8-4-2-3-5-10(14)15/h6-7H,2-5,8H2,1H3,(H,14,15). The lowest BCUT2D eigenvalue weighted by Gasteiger charge is -2.00. The lowest BCUT2D eigenvalue weighted by molar-refractivity contribution is -0.137. The van der Waals surface area contributed by atoms with Crippen molar-refractivity contribution in [3.05, 3.63) is 18.0 Å². The Balaban J connectivity index is 2.09. The lowest BCUT2D eigenvalue weighted by Crippen LogP contribution is -1.94.